The minimum Gasteiger partial charge on any atom is -0.494 e. The molecule has 0 spiro atoms. The summed E-state index contributed by atoms with van der Waals surface area (Å²) in [5.41, 5.74) is 6.22. The molecule has 0 bridgehead atoms. The molecule has 34 heavy (non-hydrogen) atoms. The van der Waals surface area contributed by atoms with Gasteiger partial charge in [0.25, 0.3) is 0 Å². The van der Waals surface area contributed by atoms with Gasteiger partial charge in [-0.1, -0.05) is 29.9 Å². The van der Waals surface area contributed by atoms with E-state index in [9.17, 15) is 4.79 Å². The number of allylic oxidation sites excluding steroid dienone is 5. The fourth-order valence-corrected chi connectivity index (χ4v) is 3.86. The van der Waals surface area contributed by atoms with Gasteiger partial charge in [-0.25, -0.2) is 4.98 Å². The summed E-state index contributed by atoms with van der Waals surface area (Å²) < 4.78 is 11.8. The number of aromatic nitrogens is 1. The average molecular weight is 463 g/mol. The number of aryl methyl sites for hydroxylation is 2. The molecule has 2 aromatic rings. The number of pyridine rings is 1. The molecule has 1 aliphatic rings. The highest BCUT2D eigenvalue weighted by molar-refractivity contribution is 5.69. The van der Waals surface area contributed by atoms with Crippen molar-refractivity contribution in [3.63, 3.8) is 0 Å². The summed E-state index contributed by atoms with van der Waals surface area (Å²) in [4.78, 5) is 17.6. The van der Waals surface area contributed by atoms with Crippen LogP contribution in [0.15, 0.2) is 66.0 Å². The minimum absolute atomic E-state index is 0.144. The maximum absolute atomic E-state index is 10.7. The van der Waals surface area contributed by atoms with E-state index < -0.39 is 5.97 Å². The number of ether oxygens (including phenoxy) is 2. The van der Waals surface area contributed by atoms with Crippen LogP contribution in [-0.4, -0.2) is 48.2 Å². The molecule has 1 N–H and O–H groups in total. The van der Waals surface area contributed by atoms with Crippen LogP contribution >= 0.6 is 0 Å². The van der Waals surface area contributed by atoms with Gasteiger partial charge in [0.15, 0.2) is 0 Å². The van der Waals surface area contributed by atoms with Crippen LogP contribution in [0, 0.1) is 13.8 Å². The average Bonchev–Trinajstić information content (AvgIpc) is 2.79. The van der Waals surface area contributed by atoms with Crippen molar-refractivity contribution in [2.24, 2.45) is 0 Å². The zero-order valence-corrected chi connectivity index (χ0v) is 20.5. The van der Waals surface area contributed by atoms with Crippen molar-refractivity contribution in [3.05, 3.63) is 77.1 Å². The molecular formula is C28H34N2O4. The maximum Gasteiger partial charge on any atom is 0.303 e. The predicted molar refractivity (Wildman–Crippen MR) is 135 cm³/mol. The fourth-order valence-electron chi connectivity index (χ4n) is 3.86. The van der Waals surface area contributed by atoms with Gasteiger partial charge >= 0.3 is 5.97 Å². The number of nitrogens with zero attached hydrogens (tertiary/aromatic N) is 2. The Morgan fingerprint density at radius 1 is 1.18 bits per heavy atom. The highest BCUT2D eigenvalue weighted by atomic mass is 16.5. The van der Waals surface area contributed by atoms with Gasteiger partial charge in [-0.3, -0.25) is 4.79 Å². The Kier molecular flexibility index (Phi) is 9.05. The van der Waals surface area contributed by atoms with Gasteiger partial charge in [0.1, 0.15) is 5.75 Å². The number of hydrogen-bond acceptors (Lipinski definition) is 5. The van der Waals surface area contributed by atoms with Crippen molar-refractivity contribution < 1.29 is 19.4 Å². The molecule has 0 amide bonds. The third kappa shape index (κ3) is 7.59. The fraction of sp³-hybridized carbons (Fsp3) is 0.357. The van der Waals surface area contributed by atoms with Crippen molar-refractivity contribution in [2.75, 3.05) is 27.2 Å². The van der Waals surface area contributed by atoms with Crippen molar-refractivity contribution in [2.45, 2.75) is 39.5 Å². The molecule has 3 rings (SSSR count). The predicted octanol–water partition coefficient (Wildman–Crippen LogP) is 5.71. The van der Waals surface area contributed by atoms with E-state index in [1.165, 1.54) is 0 Å². The Hall–Kier alpha value is -3.38. The molecule has 0 radical (unpaired) electrons. The van der Waals surface area contributed by atoms with Crippen LogP contribution in [0.25, 0.3) is 11.3 Å². The zero-order chi connectivity index (χ0) is 24.5. The van der Waals surface area contributed by atoms with E-state index in [0.717, 1.165) is 52.2 Å². The Bertz CT molecular complexity index is 1080. The molecular weight excluding hydrogens is 428 g/mol. The highest BCUT2D eigenvalue weighted by Gasteiger charge is 2.11. The van der Waals surface area contributed by atoms with E-state index >= 15 is 0 Å². The third-order valence-electron chi connectivity index (χ3n) is 5.57. The summed E-state index contributed by atoms with van der Waals surface area (Å²) in [6.45, 7) is 5.85. The van der Waals surface area contributed by atoms with E-state index in [-0.39, 0.29) is 6.42 Å². The normalized spacial score (nSPS) is 14.4. The molecule has 6 heteroatoms. The van der Waals surface area contributed by atoms with Crippen molar-refractivity contribution in [1.82, 2.24) is 9.88 Å². The monoisotopic (exact) mass is 462 g/mol. The first-order chi connectivity index (χ1) is 16.3. The van der Waals surface area contributed by atoms with Crippen molar-refractivity contribution >= 4 is 5.97 Å². The molecule has 0 fully saturated rings. The number of benzene rings is 1. The first-order valence-electron chi connectivity index (χ1n) is 11.6. The molecule has 1 heterocycles. The maximum atomic E-state index is 10.7. The summed E-state index contributed by atoms with van der Waals surface area (Å²) in [5, 5.41) is 8.82. The summed E-state index contributed by atoms with van der Waals surface area (Å²) >= 11 is 0. The SMILES string of the molecule is Cc1cc(OCCCN(C)C)cc(C)c1-c1cccc(OC=C2C=CC(CCC(=O)O)=CC2)n1. The van der Waals surface area contributed by atoms with Gasteiger partial charge in [-0.15, -0.1) is 0 Å². The Morgan fingerprint density at radius 3 is 2.59 bits per heavy atom. The van der Waals surface area contributed by atoms with E-state index in [1.807, 2.05) is 36.4 Å². The molecule has 1 aromatic heterocycles. The number of carbonyl (C=O) groups is 1. The van der Waals surface area contributed by atoms with E-state index in [0.29, 0.717) is 25.3 Å². The molecule has 0 saturated carbocycles. The van der Waals surface area contributed by atoms with Gasteiger partial charge in [0.2, 0.25) is 5.88 Å². The molecule has 1 aromatic carbocycles. The number of carboxylic acid groups (broad SMARTS) is 1. The van der Waals surface area contributed by atoms with Crippen LogP contribution in [-0.2, 0) is 4.79 Å². The van der Waals surface area contributed by atoms with Crippen LogP contribution in [0.4, 0.5) is 0 Å². The summed E-state index contributed by atoms with van der Waals surface area (Å²) in [5.74, 6) is 0.633. The Balaban J connectivity index is 1.65. The highest BCUT2D eigenvalue weighted by Crippen LogP contribution is 2.31. The van der Waals surface area contributed by atoms with Crippen LogP contribution < -0.4 is 9.47 Å². The minimum atomic E-state index is -0.780. The number of rotatable bonds is 11. The second kappa shape index (κ2) is 12.2. The number of aliphatic carboxylic acids is 1. The lowest BCUT2D eigenvalue weighted by molar-refractivity contribution is -0.136. The molecule has 0 saturated heterocycles. The molecule has 1 aliphatic carbocycles. The van der Waals surface area contributed by atoms with Crippen LogP contribution in [0.1, 0.15) is 36.8 Å². The van der Waals surface area contributed by atoms with Gasteiger partial charge in [-0.05, 0) is 82.1 Å². The summed E-state index contributed by atoms with van der Waals surface area (Å²) in [6.07, 6.45) is 10.0. The molecule has 180 valence electrons. The molecule has 6 nitrogen and oxygen atoms in total. The number of carboxylic acids is 1. The first kappa shape index (κ1) is 25.2. The quantitative estimate of drug-likeness (QED) is 0.341. The second-order valence-electron chi connectivity index (χ2n) is 8.82. The summed E-state index contributed by atoms with van der Waals surface area (Å²) in [7, 11) is 4.13. The van der Waals surface area contributed by atoms with Gasteiger partial charge in [0.05, 0.1) is 18.6 Å². The smallest absolute Gasteiger partial charge is 0.303 e. The molecule has 0 atom stereocenters. The van der Waals surface area contributed by atoms with Gasteiger partial charge < -0.3 is 19.5 Å². The van der Waals surface area contributed by atoms with Crippen molar-refractivity contribution in [1.29, 1.82) is 0 Å². The lowest BCUT2D eigenvalue weighted by Gasteiger charge is -2.15. The van der Waals surface area contributed by atoms with Crippen molar-refractivity contribution in [3.8, 4) is 22.9 Å². The Labute approximate surface area is 202 Å². The number of hydrogen-bond donors (Lipinski definition) is 1. The standard InChI is InChI=1S/C28H34N2O4/c1-20-17-24(33-16-6-15-30(3)4)18-21(2)28(20)25-7-5-8-26(29-25)34-19-23-11-9-22(10-12-23)13-14-27(31)32/h5,7-11,17-19H,6,12-16H2,1-4H3,(H,31,32). The van der Waals surface area contributed by atoms with Crippen LogP contribution in [0.2, 0.25) is 0 Å². The zero-order valence-electron chi connectivity index (χ0n) is 20.5. The largest absolute Gasteiger partial charge is 0.494 e. The topological polar surface area (TPSA) is 71.9 Å². The van der Waals surface area contributed by atoms with Gasteiger partial charge in [-0.2, -0.15) is 0 Å². The first-order valence-corrected chi connectivity index (χ1v) is 11.6. The van der Waals surface area contributed by atoms with E-state index in [4.69, 9.17) is 19.6 Å². The molecule has 0 aliphatic heterocycles. The molecule has 0 unspecified atom stereocenters. The second-order valence-corrected chi connectivity index (χ2v) is 8.82. The lowest BCUT2D eigenvalue weighted by atomic mass is 9.99. The van der Waals surface area contributed by atoms with Gasteiger partial charge in [0, 0.05) is 24.6 Å². The van der Waals surface area contributed by atoms with E-state index in [2.05, 4.69) is 45.0 Å². The summed E-state index contributed by atoms with van der Waals surface area (Å²) in [6, 6.07) is 9.91. The van der Waals surface area contributed by atoms with E-state index in [1.54, 1.807) is 6.26 Å². The third-order valence-corrected chi connectivity index (χ3v) is 5.57. The Morgan fingerprint density at radius 2 is 1.94 bits per heavy atom. The van der Waals surface area contributed by atoms with Crippen LogP contribution in [0.3, 0.4) is 0 Å². The van der Waals surface area contributed by atoms with Crippen LogP contribution in [0.5, 0.6) is 11.6 Å². The lowest BCUT2D eigenvalue weighted by Crippen LogP contribution is -2.15.